The molecule has 0 atom stereocenters. The van der Waals surface area contributed by atoms with E-state index in [0.717, 1.165) is 12.1 Å². The molecular formula is C16H10ClF6NO4S. The Bertz CT molecular complexity index is 1050. The second-order valence-corrected chi connectivity index (χ2v) is 7.81. The van der Waals surface area contributed by atoms with Crippen molar-refractivity contribution in [2.24, 2.45) is 0 Å². The molecule has 1 N–H and O–H groups in total. The number of halogens is 7. The van der Waals surface area contributed by atoms with Gasteiger partial charge in [0.25, 0.3) is 5.91 Å². The highest BCUT2D eigenvalue weighted by molar-refractivity contribution is 7.89. The molecule has 0 spiro atoms. The number of rotatable bonds is 4. The maximum Gasteiger partial charge on any atom is 0.417 e. The zero-order valence-electron chi connectivity index (χ0n) is 14.2. The molecule has 0 aliphatic rings. The highest BCUT2D eigenvalue weighted by atomic mass is 35.5. The number of carbonyl (C=O) groups is 1. The van der Waals surface area contributed by atoms with E-state index in [1.54, 1.807) is 0 Å². The first kappa shape index (κ1) is 22.8. The summed E-state index contributed by atoms with van der Waals surface area (Å²) in [4.78, 5) is 12.0. The van der Waals surface area contributed by atoms with Crippen LogP contribution in [0.4, 0.5) is 26.3 Å². The van der Waals surface area contributed by atoms with Crippen molar-refractivity contribution in [3.05, 3.63) is 58.1 Å². The van der Waals surface area contributed by atoms with Gasteiger partial charge in [-0.2, -0.15) is 26.3 Å². The van der Waals surface area contributed by atoms with E-state index in [2.05, 4.69) is 0 Å². The largest absolute Gasteiger partial charge is 0.456 e. The first-order chi connectivity index (χ1) is 13.1. The maximum atomic E-state index is 13.1. The second-order valence-electron chi connectivity index (χ2n) is 5.65. The maximum absolute atomic E-state index is 13.1. The summed E-state index contributed by atoms with van der Waals surface area (Å²) in [7, 11) is -4.17. The van der Waals surface area contributed by atoms with Gasteiger partial charge in [-0.25, -0.2) is 13.1 Å². The number of carbonyl (C=O) groups excluding carboxylic acids is 1. The zero-order chi connectivity index (χ0) is 22.2. The number of hydrogen-bond acceptors (Lipinski definition) is 4. The topological polar surface area (TPSA) is 72.5 Å². The molecule has 0 heterocycles. The molecule has 13 heteroatoms. The normalized spacial score (nSPS) is 12.6. The summed E-state index contributed by atoms with van der Waals surface area (Å²) in [5.74, 6) is -2.28. The summed E-state index contributed by atoms with van der Waals surface area (Å²) in [5, 5.41) is -0.484. The van der Waals surface area contributed by atoms with Gasteiger partial charge >= 0.3 is 12.4 Å². The molecule has 1 amide bonds. The first-order valence-corrected chi connectivity index (χ1v) is 9.63. The van der Waals surface area contributed by atoms with Gasteiger partial charge in [-0.3, -0.25) is 4.79 Å². The molecule has 2 aromatic carbocycles. The van der Waals surface area contributed by atoms with E-state index >= 15 is 0 Å². The minimum atomic E-state index is -4.99. The fourth-order valence-electron chi connectivity index (χ4n) is 2.13. The van der Waals surface area contributed by atoms with Gasteiger partial charge < -0.3 is 4.74 Å². The van der Waals surface area contributed by atoms with E-state index in [0.29, 0.717) is 30.5 Å². The van der Waals surface area contributed by atoms with Gasteiger partial charge in [0, 0.05) is 0 Å². The van der Waals surface area contributed by atoms with E-state index in [4.69, 9.17) is 16.3 Å². The van der Waals surface area contributed by atoms with Gasteiger partial charge in [-0.15, -0.1) is 0 Å². The van der Waals surface area contributed by atoms with E-state index in [9.17, 15) is 39.6 Å². The lowest BCUT2D eigenvalue weighted by molar-refractivity contribution is -0.138. The standard InChI is InChI=1S/C16H10ClF6NO4S/c1-29(26,27)24-14(25)10-7-9(3-4-11(10)16(21,22)23)28-13-5-2-8(6-12(13)17)15(18,19)20/h2-7H,1H3,(H,24,25). The molecule has 158 valence electrons. The number of amides is 1. The zero-order valence-corrected chi connectivity index (χ0v) is 15.7. The average Bonchev–Trinajstić information content (AvgIpc) is 2.53. The Labute approximate surface area is 165 Å². The van der Waals surface area contributed by atoms with Crippen LogP contribution in [0.3, 0.4) is 0 Å². The molecule has 0 radical (unpaired) electrons. The highest BCUT2D eigenvalue weighted by Gasteiger charge is 2.36. The van der Waals surface area contributed by atoms with Crippen molar-refractivity contribution in [3.63, 3.8) is 0 Å². The van der Waals surface area contributed by atoms with Gasteiger partial charge in [-0.1, -0.05) is 11.6 Å². The predicted molar refractivity (Wildman–Crippen MR) is 90.3 cm³/mol. The Balaban J connectivity index is 2.45. The van der Waals surface area contributed by atoms with E-state index in [1.807, 2.05) is 0 Å². The number of nitrogens with one attached hydrogen (secondary N) is 1. The molecule has 0 fully saturated rings. The lowest BCUT2D eigenvalue weighted by Gasteiger charge is -2.15. The minimum Gasteiger partial charge on any atom is -0.456 e. The van der Waals surface area contributed by atoms with Crippen LogP contribution < -0.4 is 9.46 Å². The molecule has 0 aromatic heterocycles. The molecule has 29 heavy (non-hydrogen) atoms. The first-order valence-electron chi connectivity index (χ1n) is 7.36. The van der Waals surface area contributed by atoms with Gasteiger partial charge in [0.15, 0.2) is 0 Å². The smallest absolute Gasteiger partial charge is 0.417 e. The number of ether oxygens (including phenoxy) is 1. The van der Waals surface area contributed by atoms with Crippen molar-refractivity contribution < 1.29 is 44.3 Å². The third kappa shape index (κ3) is 6.00. The molecule has 0 aliphatic heterocycles. The van der Waals surface area contributed by atoms with Crippen molar-refractivity contribution in [1.29, 1.82) is 0 Å². The Morgan fingerprint density at radius 1 is 1.00 bits per heavy atom. The monoisotopic (exact) mass is 461 g/mol. The summed E-state index contributed by atoms with van der Waals surface area (Å²) < 4.78 is 106. The van der Waals surface area contributed by atoms with Gasteiger partial charge in [0.05, 0.1) is 28.0 Å². The average molecular weight is 462 g/mol. The van der Waals surface area contributed by atoms with Gasteiger partial charge in [0.2, 0.25) is 10.0 Å². The van der Waals surface area contributed by atoms with Crippen molar-refractivity contribution >= 4 is 27.5 Å². The number of alkyl halides is 6. The summed E-state index contributed by atoms with van der Waals surface area (Å²) in [6, 6.07) is 3.90. The van der Waals surface area contributed by atoms with Crippen molar-refractivity contribution in [2.75, 3.05) is 6.26 Å². The quantitative estimate of drug-likeness (QED) is 0.660. The Morgan fingerprint density at radius 2 is 1.62 bits per heavy atom. The van der Waals surface area contributed by atoms with Crippen LogP contribution >= 0.6 is 11.6 Å². The number of hydrogen-bond donors (Lipinski definition) is 1. The number of sulfonamides is 1. The van der Waals surface area contributed by atoms with Crippen LogP contribution in [0.15, 0.2) is 36.4 Å². The van der Waals surface area contributed by atoms with Crippen LogP contribution in [0.1, 0.15) is 21.5 Å². The van der Waals surface area contributed by atoms with E-state index in [1.165, 1.54) is 4.72 Å². The molecule has 0 aliphatic carbocycles. The third-order valence-corrected chi connectivity index (χ3v) is 4.16. The molecule has 2 aromatic rings. The molecule has 5 nitrogen and oxygen atoms in total. The van der Waals surface area contributed by atoms with Crippen LogP contribution in [0.2, 0.25) is 5.02 Å². The molecule has 2 rings (SSSR count). The van der Waals surface area contributed by atoms with Crippen LogP contribution in [-0.4, -0.2) is 20.6 Å². The lowest BCUT2D eigenvalue weighted by Crippen LogP contribution is -2.31. The fourth-order valence-corrected chi connectivity index (χ4v) is 2.80. The van der Waals surface area contributed by atoms with Crippen LogP contribution in [0.25, 0.3) is 0 Å². The van der Waals surface area contributed by atoms with E-state index in [-0.39, 0.29) is 5.75 Å². The Hall–Kier alpha value is -2.47. The summed E-state index contributed by atoms with van der Waals surface area (Å²) >= 11 is 5.72. The third-order valence-electron chi connectivity index (χ3n) is 3.31. The van der Waals surface area contributed by atoms with Crippen molar-refractivity contribution in [3.8, 4) is 11.5 Å². The highest BCUT2D eigenvalue weighted by Crippen LogP contribution is 2.38. The number of benzene rings is 2. The summed E-state index contributed by atoms with van der Waals surface area (Å²) in [6.45, 7) is 0. The summed E-state index contributed by atoms with van der Waals surface area (Å²) in [5.41, 5.74) is -3.58. The SMILES string of the molecule is CS(=O)(=O)NC(=O)c1cc(Oc2ccc(C(F)(F)F)cc2Cl)ccc1C(F)(F)F. The fraction of sp³-hybridized carbons (Fsp3) is 0.188. The molecule has 0 unspecified atom stereocenters. The van der Waals surface area contributed by atoms with Crippen LogP contribution in [0.5, 0.6) is 11.5 Å². The molecule has 0 bridgehead atoms. The second kappa shape index (κ2) is 7.75. The minimum absolute atomic E-state index is 0.325. The van der Waals surface area contributed by atoms with E-state index < -0.39 is 55.7 Å². The van der Waals surface area contributed by atoms with Gasteiger partial charge in [-0.05, 0) is 36.4 Å². The Kier molecular flexibility index (Phi) is 6.09. The van der Waals surface area contributed by atoms with Crippen LogP contribution in [-0.2, 0) is 22.4 Å². The lowest BCUT2D eigenvalue weighted by atomic mass is 10.1. The molecule has 0 saturated heterocycles. The Morgan fingerprint density at radius 3 is 2.10 bits per heavy atom. The van der Waals surface area contributed by atoms with Crippen LogP contribution in [0, 0.1) is 0 Å². The molecule has 0 saturated carbocycles. The molecular weight excluding hydrogens is 452 g/mol. The van der Waals surface area contributed by atoms with Gasteiger partial charge in [0.1, 0.15) is 11.5 Å². The predicted octanol–water partition coefficient (Wildman–Crippen LogP) is 4.86. The van der Waals surface area contributed by atoms with Crippen molar-refractivity contribution in [1.82, 2.24) is 4.72 Å². The van der Waals surface area contributed by atoms with Crippen molar-refractivity contribution in [2.45, 2.75) is 12.4 Å². The summed E-state index contributed by atoms with van der Waals surface area (Å²) in [6.07, 6.45) is -9.09.